The molecule has 0 atom stereocenters. The molecular weight excluding hydrogens is 336 g/mol. The van der Waals surface area contributed by atoms with Crippen LogP contribution in [0.5, 0.6) is 0 Å². The van der Waals surface area contributed by atoms with Crippen molar-refractivity contribution in [2.75, 3.05) is 38.0 Å². The molecule has 1 aliphatic heterocycles. The first-order chi connectivity index (χ1) is 12.2. The third kappa shape index (κ3) is 5.44. The van der Waals surface area contributed by atoms with Crippen LogP contribution in [0.1, 0.15) is 12.0 Å². The number of rotatable bonds is 4. The highest BCUT2D eigenvalue weighted by molar-refractivity contribution is 6.30. The number of carbonyl (C=O) groups excluding carboxylic acids is 1. The number of hydrogen-bond donors (Lipinski definition) is 1. The van der Waals surface area contributed by atoms with E-state index in [1.165, 1.54) is 5.56 Å². The zero-order valence-electron chi connectivity index (χ0n) is 14.2. The Morgan fingerprint density at radius 1 is 1.12 bits per heavy atom. The van der Waals surface area contributed by atoms with Gasteiger partial charge in [-0.05, 0) is 55.3 Å². The molecule has 0 bridgehead atoms. The Morgan fingerprint density at radius 2 is 1.96 bits per heavy atom. The lowest BCUT2D eigenvalue weighted by atomic mass is 10.2. The van der Waals surface area contributed by atoms with Crippen molar-refractivity contribution in [1.29, 1.82) is 0 Å². The van der Waals surface area contributed by atoms with Gasteiger partial charge in [0.15, 0.2) is 0 Å². The number of pyridine rings is 1. The van der Waals surface area contributed by atoms with Crippen molar-refractivity contribution in [2.45, 2.75) is 12.8 Å². The minimum Gasteiger partial charge on any atom is -0.323 e. The summed E-state index contributed by atoms with van der Waals surface area (Å²) in [5.74, 6) is 0. The number of nitrogens with one attached hydrogen (secondary N) is 1. The standard InChI is InChI=1S/C19H23ClN4O/c20-17-3-1-4-18(15-17)22-19(25)24-11-2-10-23(13-14-24)12-7-16-5-8-21-9-6-16/h1,3-6,8-9,15H,2,7,10-14H2,(H,22,25). The van der Waals surface area contributed by atoms with Gasteiger partial charge in [-0.15, -0.1) is 0 Å². The molecule has 0 radical (unpaired) electrons. The zero-order chi connectivity index (χ0) is 17.5. The molecule has 132 valence electrons. The fraction of sp³-hybridized carbons (Fsp3) is 0.368. The molecule has 25 heavy (non-hydrogen) atoms. The number of halogens is 1. The monoisotopic (exact) mass is 358 g/mol. The predicted molar refractivity (Wildman–Crippen MR) is 101 cm³/mol. The Hall–Kier alpha value is -2.11. The van der Waals surface area contributed by atoms with Crippen LogP contribution in [-0.2, 0) is 6.42 Å². The first-order valence-electron chi connectivity index (χ1n) is 8.63. The highest BCUT2D eigenvalue weighted by Gasteiger charge is 2.19. The van der Waals surface area contributed by atoms with Gasteiger partial charge in [0.2, 0.25) is 0 Å². The lowest BCUT2D eigenvalue weighted by molar-refractivity contribution is 0.211. The van der Waals surface area contributed by atoms with E-state index in [9.17, 15) is 4.79 Å². The summed E-state index contributed by atoms with van der Waals surface area (Å²) in [5, 5.41) is 3.55. The van der Waals surface area contributed by atoms with Gasteiger partial charge in [-0.2, -0.15) is 0 Å². The van der Waals surface area contributed by atoms with Gasteiger partial charge in [0.05, 0.1) is 0 Å². The van der Waals surface area contributed by atoms with Crippen molar-refractivity contribution < 1.29 is 4.79 Å². The summed E-state index contributed by atoms with van der Waals surface area (Å²) in [7, 11) is 0. The molecule has 1 N–H and O–H groups in total. The first kappa shape index (κ1) is 17.7. The Bertz CT molecular complexity index is 695. The van der Waals surface area contributed by atoms with Gasteiger partial charge in [0.1, 0.15) is 0 Å². The van der Waals surface area contributed by atoms with E-state index < -0.39 is 0 Å². The summed E-state index contributed by atoms with van der Waals surface area (Å²) in [6, 6.07) is 11.3. The van der Waals surface area contributed by atoms with Crippen molar-refractivity contribution in [2.24, 2.45) is 0 Å². The van der Waals surface area contributed by atoms with Crippen LogP contribution in [0, 0.1) is 0 Å². The molecule has 1 aromatic carbocycles. The Kier molecular flexibility index (Phi) is 6.25. The number of amides is 2. The molecule has 6 heteroatoms. The van der Waals surface area contributed by atoms with Gasteiger partial charge in [0, 0.05) is 49.3 Å². The van der Waals surface area contributed by atoms with E-state index in [0.717, 1.165) is 51.3 Å². The number of hydrogen-bond acceptors (Lipinski definition) is 3. The molecule has 1 fully saturated rings. The summed E-state index contributed by atoms with van der Waals surface area (Å²) in [6.45, 7) is 4.44. The first-order valence-corrected chi connectivity index (χ1v) is 9.01. The average Bonchev–Trinajstić information content (AvgIpc) is 2.87. The summed E-state index contributed by atoms with van der Waals surface area (Å²) in [4.78, 5) is 20.8. The van der Waals surface area contributed by atoms with Crippen LogP contribution in [0.25, 0.3) is 0 Å². The highest BCUT2D eigenvalue weighted by Crippen LogP contribution is 2.16. The maximum absolute atomic E-state index is 12.5. The quantitative estimate of drug-likeness (QED) is 0.909. The van der Waals surface area contributed by atoms with Crippen molar-refractivity contribution in [3.8, 4) is 0 Å². The van der Waals surface area contributed by atoms with Crippen molar-refractivity contribution in [3.05, 3.63) is 59.4 Å². The van der Waals surface area contributed by atoms with E-state index in [1.54, 1.807) is 12.1 Å². The molecule has 0 aliphatic carbocycles. The molecule has 3 rings (SSSR count). The molecule has 2 heterocycles. The van der Waals surface area contributed by atoms with Crippen molar-refractivity contribution in [3.63, 3.8) is 0 Å². The number of urea groups is 1. The molecule has 1 aromatic heterocycles. The van der Waals surface area contributed by atoms with Gasteiger partial charge < -0.3 is 15.1 Å². The van der Waals surface area contributed by atoms with E-state index in [0.29, 0.717) is 5.02 Å². The van der Waals surface area contributed by atoms with Crippen molar-refractivity contribution in [1.82, 2.24) is 14.8 Å². The van der Waals surface area contributed by atoms with Crippen LogP contribution in [-0.4, -0.2) is 53.5 Å². The largest absolute Gasteiger partial charge is 0.323 e. The number of anilines is 1. The zero-order valence-corrected chi connectivity index (χ0v) is 15.0. The Balaban J connectivity index is 1.48. The summed E-state index contributed by atoms with van der Waals surface area (Å²) < 4.78 is 0. The molecule has 1 saturated heterocycles. The smallest absolute Gasteiger partial charge is 0.321 e. The van der Waals surface area contributed by atoms with Gasteiger partial charge in [-0.25, -0.2) is 4.79 Å². The Labute approximate surface area is 153 Å². The van der Waals surface area contributed by atoms with Crippen LogP contribution in [0.15, 0.2) is 48.8 Å². The van der Waals surface area contributed by atoms with Gasteiger partial charge in [-0.3, -0.25) is 4.98 Å². The SMILES string of the molecule is O=C(Nc1cccc(Cl)c1)N1CCCN(CCc2ccncc2)CC1. The van der Waals surface area contributed by atoms with E-state index in [-0.39, 0.29) is 6.03 Å². The maximum Gasteiger partial charge on any atom is 0.321 e. The summed E-state index contributed by atoms with van der Waals surface area (Å²) in [6.07, 6.45) is 5.66. The number of carbonyl (C=O) groups is 1. The van der Waals surface area contributed by atoms with E-state index in [1.807, 2.05) is 29.4 Å². The number of nitrogens with zero attached hydrogens (tertiary/aromatic N) is 3. The average molecular weight is 359 g/mol. The molecule has 2 aromatic rings. The molecule has 0 spiro atoms. The van der Waals surface area contributed by atoms with E-state index in [4.69, 9.17) is 11.6 Å². The van der Waals surface area contributed by atoms with E-state index >= 15 is 0 Å². The molecule has 1 aliphatic rings. The lowest BCUT2D eigenvalue weighted by Crippen LogP contribution is -2.38. The molecule has 5 nitrogen and oxygen atoms in total. The lowest BCUT2D eigenvalue weighted by Gasteiger charge is -2.22. The van der Waals surface area contributed by atoms with Crippen LogP contribution >= 0.6 is 11.6 Å². The number of aromatic nitrogens is 1. The van der Waals surface area contributed by atoms with Crippen LogP contribution in [0.3, 0.4) is 0 Å². The fourth-order valence-electron chi connectivity index (χ4n) is 3.00. The second kappa shape index (κ2) is 8.83. The fourth-order valence-corrected chi connectivity index (χ4v) is 3.19. The summed E-state index contributed by atoms with van der Waals surface area (Å²) in [5.41, 5.74) is 2.03. The van der Waals surface area contributed by atoms with Gasteiger partial charge in [0.25, 0.3) is 0 Å². The normalized spacial score (nSPS) is 15.6. The Morgan fingerprint density at radius 3 is 2.76 bits per heavy atom. The number of benzene rings is 1. The predicted octanol–water partition coefficient (Wildman–Crippen LogP) is 3.52. The van der Waals surface area contributed by atoms with Crippen molar-refractivity contribution >= 4 is 23.3 Å². The minimum absolute atomic E-state index is 0.0572. The maximum atomic E-state index is 12.5. The molecule has 0 saturated carbocycles. The molecule has 2 amide bonds. The van der Waals surface area contributed by atoms with Gasteiger partial charge >= 0.3 is 6.03 Å². The third-order valence-electron chi connectivity index (χ3n) is 4.42. The van der Waals surface area contributed by atoms with E-state index in [2.05, 4.69) is 27.3 Å². The topological polar surface area (TPSA) is 48.5 Å². The molecular formula is C19H23ClN4O. The van der Waals surface area contributed by atoms with Crippen LogP contribution < -0.4 is 5.32 Å². The highest BCUT2D eigenvalue weighted by atomic mass is 35.5. The third-order valence-corrected chi connectivity index (χ3v) is 4.65. The second-order valence-corrected chi connectivity index (χ2v) is 6.66. The van der Waals surface area contributed by atoms with Gasteiger partial charge in [-0.1, -0.05) is 17.7 Å². The second-order valence-electron chi connectivity index (χ2n) is 6.23. The summed E-state index contributed by atoms with van der Waals surface area (Å²) >= 11 is 5.97. The van der Waals surface area contributed by atoms with Crippen LogP contribution in [0.4, 0.5) is 10.5 Å². The minimum atomic E-state index is -0.0572. The molecule has 0 unspecified atom stereocenters. The van der Waals surface area contributed by atoms with Crippen LogP contribution in [0.2, 0.25) is 5.02 Å².